The molecule has 0 radical (unpaired) electrons. The number of piperidine rings is 1. The fourth-order valence-electron chi connectivity index (χ4n) is 2.37. The van der Waals surface area contributed by atoms with Crippen molar-refractivity contribution in [2.75, 3.05) is 25.0 Å². The maximum absolute atomic E-state index is 12.1. The predicted molar refractivity (Wildman–Crippen MR) is 79.9 cm³/mol. The minimum absolute atomic E-state index is 0.0510. The molecule has 20 heavy (non-hydrogen) atoms. The number of hydrogen-bond acceptors (Lipinski definition) is 3. The minimum Gasteiger partial charge on any atom is -0.376 e. The summed E-state index contributed by atoms with van der Waals surface area (Å²) in [6, 6.07) is 7.22. The summed E-state index contributed by atoms with van der Waals surface area (Å²) in [5.41, 5.74) is 1.56. The molecule has 1 aliphatic heterocycles. The van der Waals surface area contributed by atoms with E-state index in [1.165, 1.54) is 0 Å². The third kappa shape index (κ3) is 3.83. The summed E-state index contributed by atoms with van der Waals surface area (Å²) >= 11 is 0. The quantitative estimate of drug-likeness (QED) is 0.858. The molecule has 1 saturated heterocycles. The van der Waals surface area contributed by atoms with E-state index >= 15 is 0 Å². The van der Waals surface area contributed by atoms with Crippen LogP contribution < -0.4 is 5.32 Å². The molecule has 2 rings (SSSR count). The van der Waals surface area contributed by atoms with Crippen LogP contribution in [-0.4, -0.2) is 36.2 Å². The molecule has 0 aromatic heterocycles. The van der Waals surface area contributed by atoms with Crippen molar-refractivity contribution >= 4 is 17.4 Å². The van der Waals surface area contributed by atoms with Gasteiger partial charge in [0.15, 0.2) is 5.78 Å². The van der Waals surface area contributed by atoms with Crippen molar-refractivity contribution in [2.24, 2.45) is 5.92 Å². The van der Waals surface area contributed by atoms with Gasteiger partial charge in [-0.05, 0) is 49.9 Å². The normalized spacial score (nSPS) is 16.0. The molecular weight excluding hydrogens is 252 g/mol. The molecule has 1 N–H and O–H groups in total. The van der Waals surface area contributed by atoms with Crippen LogP contribution in [0.15, 0.2) is 24.3 Å². The van der Waals surface area contributed by atoms with Crippen molar-refractivity contribution in [2.45, 2.75) is 26.7 Å². The largest absolute Gasteiger partial charge is 0.376 e. The third-order valence-corrected chi connectivity index (χ3v) is 3.87. The molecular formula is C16H22N2O2. The number of hydrogen-bond donors (Lipinski definition) is 1. The number of benzene rings is 1. The van der Waals surface area contributed by atoms with Gasteiger partial charge in [-0.1, -0.05) is 6.92 Å². The van der Waals surface area contributed by atoms with Gasteiger partial charge in [-0.2, -0.15) is 0 Å². The molecule has 1 aromatic carbocycles. The van der Waals surface area contributed by atoms with E-state index in [1.54, 1.807) is 19.1 Å². The fraction of sp³-hybridized carbons (Fsp3) is 0.500. The first-order chi connectivity index (χ1) is 9.56. The smallest absolute Gasteiger partial charge is 0.241 e. The van der Waals surface area contributed by atoms with Gasteiger partial charge in [-0.15, -0.1) is 0 Å². The van der Waals surface area contributed by atoms with E-state index in [2.05, 4.69) is 12.2 Å². The molecule has 1 aromatic rings. The standard InChI is InChI=1S/C16H22N2O2/c1-12-7-9-18(10-8-12)16(20)11-17-15-5-3-14(4-6-15)13(2)19/h3-6,12,17H,7-11H2,1-2H3. The topological polar surface area (TPSA) is 49.4 Å². The van der Waals surface area contributed by atoms with Gasteiger partial charge in [0.25, 0.3) is 0 Å². The van der Waals surface area contributed by atoms with Gasteiger partial charge >= 0.3 is 0 Å². The van der Waals surface area contributed by atoms with Crippen molar-refractivity contribution in [1.29, 1.82) is 0 Å². The van der Waals surface area contributed by atoms with Crippen LogP contribution in [0.25, 0.3) is 0 Å². The maximum atomic E-state index is 12.1. The molecule has 0 saturated carbocycles. The van der Waals surface area contributed by atoms with Gasteiger partial charge in [-0.25, -0.2) is 0 Å². The van der Waals surface area contributed by atoms with Crippen LogP contribution in [0, 0.1) is 5.92 Å². The van der Waals surface area contributed by atoms with Crippen LogP contribution in [0.4, 0.5) is 5.69 Å². The lowest BCUT2D eigenvalue weighted by atomic mass is 9.99. The number of rotatable bonds is 4. The molecule has 0 spiro atoms. The summed E-state index contributed by atoms with van der Waals surface area (Å²) in [5, 5.41) is 3.12. The van der Waals surface area contributed by atoms with Crippen molar-refractivity contribution in [3.63, 3.8) is 0 Å². The zero-order chi connectivity index (χ0) is 14.5. The lowest BCUT2D eigenvalue weighted by Crippen LogP contribution is -2.40. The Balaban J connectivity index is 1.82. The molecule has 0 bridgehead atoms. The first-order valence-electron chi connectivity index (χ1n) is 7.19. The summed E-state index contributed by atoms with van der Waals surface area (Å²) in [4.78, 5) is 25.2. The Labute approximate surface area is 120 Å². The molecule has 108 valence electrons. The molecule has 4 nitrogen and oxygen atoms in total. The van der Waals surface area contributed by atoms with E-state index in [4.69, 9.17) is 0 Å². The first-order valence-corrected chi connectivity index (χ1v) is 7.19. The van der Waals surface area contributed by atoms with Crippen LogP contribution in [-0.2, 0) is 4.79 Å². The SMILES string of the molecule is CC(=O)c1ccc(NCC(=O)N2CCC(C)CC2)cc1. The summed E-state index contributed by atoms with van der Waals surface area (Å²) < 4.78 is 0. The van der Waals surface area contributed by atoms with Crippen molar-refractivity contribution < 1.29 is 9.59 Å². The number of Topliss-reactive ketones (excluding diaryl/α,β-unsaturated/α-hetero) is 1. The second-order valence-corrected chi connectivity index (χ2v) is 5.55. The first kappa shape index (κ1) is 14.6. The molecule has 1 heterocycles. The highest BCUT2D eigenvalue weighted by molar-refractivity contribution is 5.94. The van der Waals surface area contributed by atoms with Crippen LogP contribution in [0.2, 0.25) is 0 Å². The fourth-order valence-corrected chi connectivity index (χ4v) is 2.37. The second-order valence-electron chi connectivity index (χ2n) is 5.55. The second kappa shape index (κ2) is 6.55. The van der Waals surface area contributed by atoms with Crippen molar-refractivity contribution in [1.82, 2.24) is 4.90 Å². The van der Waals surface area contributed by atoms with Gasteiger partial charge in [-0.3, -0.25) is 9.59 Å². The lowest BCUT2D eigenvalue weighted by molar-refractivity contribution is -0.130. The van der Waals surface area contributed by atoms with Crippen LogP contribution in [0.3, 0.4) is 0 Å². The Bertz CT molecular complexity index is 474. The number of anilines is 1. The highest BCUT2D eigenvalue weighted by Crippen LogP contribution is 2.16. The Kier molecular flexibility index (Phi) is 4.77. The summed E-state index contributed by atoms with van der Waals surface area (Å²) in [5.74, 6) is 0.925. The van der Waals surface area contributed by atoms with Gasteiger partial charge in [0.1, 0.15) is 0 Å². The van der Waals surface area contributed by atoms with E-state index in [-0.39, 0.29) is 11.7 Å². The molecule has 0 atom stereocenters. The van der Waals surface area contributed by atoms with Crippen molar-refractivity contribution in [3.05, 3.63) is 29.8 Å². The van der Waals surface area contributed by atoms with Crippen LogP contribution in [0.1, 0.15) is 37.0 Å². The Hall–Kier alpha value is -1.84. The third-order valence-electron chi connectivity index (χ3n) is 3.87. The molecule has 1 fully saturated rings. The number of carbonyl (C=O) groups is 2. The van der Waals surface area contributed by atoms with Gasteiger partial charge < -0.3 is 10.2 Å². The van der Waals surface area contributed by atoms with E-state index in [1.807, 2.05) is 17.0 Å². The Morgan fingerprint density at radius 2 is 1.80 bits per heavy atom. The molecule has 4 heteroatoms. The highest BCUT2D eigenvalue weighted by Gasteiger charge is 2.19. The van der Waals surface area contributed by atoms with Gasteiger partial charge in [0, 0.05) is 24.3 Å². The molecule has 0 unspecified atom stereocenters. The predicted octanol–water partition coefficient (Wildman–Crippen LogP) is 2.56. The van der Waals surface area contributed by atoms with Crippen LogP contribution in [0.5, 0.6) is 0 Å². The zero-order valence-electron chi connectivity index (χ0n) is 12.2. The van der Waals surface area contributed by atoms with Crippen LogP contribution >= 0.6 is 0 Å². The highest BCUT2D eigenvalue weighted by atomic mass is 16.2. The number of nitrogens with one attached hydrogen (secondary N) is 1. The molecule has 1 amide bonds. The number of likely N-dealkylation sites (tertiary alicyclic amines) is 1. The molecule has 1 aliphatic rings. The van der Waals surface area contributed by atoms with E-state index in [0.717, 1.165) is 37.5 Å². The minimum atomic E-state index is 0.0510. The maximum Gasteiger partial charge on any atom is 0.241 e. The zero-order valence-corrected chi connectivity index (χ0v) is 12.2. The average molecular weight is 274 g/mol. The van der Waals surface area contributed by atoms with E-state index < -0.39 is 0 Å². The van der Waals surface area contributed by atoms with Crippen molar-refractivity contribution in [3.8, 4) is 0 Å². The Morgan fingerprint density at radius 3 is 2.35 bits per heavy atom. The van der Waals surface area contributed by atoms with Gasteiger partial charge in [0.05, 0.1) is 6.54 Å². The Morgan fingerprint density at radius 1 is 1.20 bits per heavy atom. The average Bonchev–Trinajstić information content (AvgIpc) is 2.46. The number of carbonyl (C=O) groups excluding carboxylic acids is 2. The molecule has 0 aliphatic carbocycles. The summed E-state index contributed by atoms with van der Waals surface area (Å²) in [6.45, 7) is 5.82. The summed E-state index contributed by atoms with van der Waals surface area (Å²) in [7, 11) is 0. The van der Waals surface area contributed by atoms with E-state index in [0.29, 0.717) is 12.1 Å². The van der Waals surface area contributed by atoms with Gasteiger partial charge in [0.2, 0.25) is 5.91 Å². The number of amides is 1. The van der Waals surface area contributed by atoms with E-state index in [9.17, 15) is 9.59 Å². The summed E-state index contributed by atoms with van der Waals surface area (Å²) in [6.07, 6.45) is 2.19. The number of nitrogens with zero attached hydrogens (tertiary/aromatic N) is 1. The monoisotopic (exact) mass is 274 g/mol. The number of ketones is 1. The lowest BCUT2D eigenvalue weighted by Gasteiger charge is -2.30.